The Morgan fingerprint density at radius 3 is 2.39 bits per heavy atom. The Morgan fingerprint density at radius 1 is 0.970 bits per heavy atom. The van der Waals surface area contributed by atoms with Gasteiger partial charge in [-0.25, -0.2) is 13.8 Å². The Balaban J connectivity index is 1.87. The summed E-state index contributed by atoms with van der Waals surface area (Å²) in [6, 6.07) is 12.1. The molecule has 1 saturated heterocycles. The van der Waals surface area contributed by atoms with E-state index < -0.39 is 11.6 Å². The van der Waals surface area contributed by atoms with E-state index in [9.17, 15) is 14.0 Å². The van der Waals surface area contributed by atoms with E-state index in [-0.39, 0.29) is 11.5 Å². The maximum Gasteiger partial charge on any atom is 0.293 e. The molecule has 0 aliphatic carbocycles. The number of piperidine rings is 1. The minimum Gasteiger partial charge on any atom is -0.317 e. The maximum absolute atomic E-state index is 14.9. The summed E-state index contributed by atoms with van der Waals surface area (Å²) in [5.74, 6) is -1.17. The van der Waals surface area contributed by atoms with Crippen LogP contribution in [0.3, 0.4) is 0 Å². The molecule has 0 amide bonds. The molecule has 0 atom stereocenters. The number of rotatable bonds is 3. The van der Waals surface area contributed by atoms with Crippen molar-refractivity contribution in [1.82, 2.24) is 10.3 Å². The van der Waals surface area contributed by atoms with Crippen molar-refractivity contribution in [2.75, 3.05) is 13.1 Å². The van der Waals surface area contributed by atoms with Gasteiger partial charge in [-0.3, -0.25) is 5.21 Å². The molecule has 33 heavy (non-hydrogen) atoms. The van der Waals surface area contributed by atoms with Crippen molar-refractivity contribution in [3.63, 3.8) is 0 Å². The average Bonchev–Trinajstić information content (AvgIpc) is 2.80. The van der Waals surface area contributed by atoms with Crippen LogP contribution in [-0.2, 0) is 0 Å². The monoisotopic (exact) mass is 486 g/mol. The van der Waals surface area contributed by atoms with Crippen molar-refractivity contribution in [1.29, 1.82) is 0 Å². The Labute approximate surface area is 199 Å². The molecular formula is C25H20Cl2F2N3O+. The van der Waals surface area contributed by atoms with Crippen molar-refractivity contribution in [3.8, 4) is 22.4 Å². The van der Waals surface area contributed by atoms with Gasteiger partial charge in [-0.1, -0.05) is 29.3 Å². The van der Waals surface area contributed by atoms with Crippen molar-refractivity contribution < 1.29 is 18.7 Å². The third-order valence-corrected chi connectivity index (χ3v) is 6.72. The number of hydrogen-bond acceptors (Lipinski definition) is 3. The molecule has 0 bridgehead atoms. The zero-order chi connectivity index (χ0) is 23.1. The number of benzene rings is 2. The van der Waals surface area contributed by atoms with E-state index in [2.05, 4.69) is 5.32 Å². The molecule has 1 aliphatic heterocycles. The topological polar surface area (TPSA) is 49.0 Å². The zero-order valence-corrected chi connectivity index (χ0v) is 19.0. The summed E-state index contributed by atoms with van der Waals surface area (Å²) in [4.78, 5) is 4.93. The standard InChI is InChI=1S/C25H20Cl2F2N3O/c26-19-2-1-3-20(27)23(19)25-24-17(8-11-32(25)33)18(16-5-4-15(28)12-21(16)29)13-22(31-24)14-6-9-30-10-7-14/h1-5,8,11-14,30,33H,6-7,9-10H2/q+1. The third-order valence-electron chi connectivity index (χ3n) is 6.09. The second-order valence-corrected chi connectivity index (χ2v) is 8.93. The molecule has 0 spiro atoms. The molecule has 1 fully saturated rings. The minimum atomic E-state index is -0.670. The van der Waals surface area contributed by atoms with Gasteiger partial charge in [0.25, 0.3) is 5.69 Å². The first kappa shape index (κ1) is 22.0. The van der Waals surface area contributed by atoms with Crippen LogP contribution < -0.4 is 10.0 Å². The molecule has 4 nitrogen and oxygen atoms in total. The molecule has 0 saturated carbocycles. The van der Waals surface area contributed by atoms with Crippen LogP contribution in [0.2, 0.25) is 10.0 Å². The summed E-state index contributed by atoms with van der Waals surface area (Å²) in [7, 11) is 0. The van der Waals surface area contributed by atoms with Gasteiger partial charge in [-0.15, -0.1) is 0 Å². The normalized spacial score (nSPS) is 14.7. The van der Waals surface area contributed by atoms with Gasteiger partial charge in [0, 0.05) is 39.4 Å². The number of nitrogens with one attached hydrogen (secondary N) is 1. The predicted molar refractivity (Wildman–Crippen MR) is 125 cm³/mol. The van der Waals surface area contributed by atoms with Crippen LogP contribution in [0.1, 0.15) is 24.5 Å². The summed E-state index contributed by atoms with van der Waals surface area (Å²) in [6.07, 6.45) is 3.18. The molecule has 8 heteroatoms. The van der Waals surface area contributed by atoms with Gasteiger partial charge in [0.05, 0.1) is 15.6 Å². The first-order valence-electron chi connectivity index (χ1n) is 10.6. The molecule has 2 aromatic heterocycles. The molecule has 0 radical (unpaired) electrons. The van der Waals surface area contributed by atoms with E-state index in [4.69, 9.17) is 28.2 Å². The fourth-order valence-corrected chi connectivity index (χ4v) is 5.04. The number of hydrogen-bond donors (Lipinski definition) is 2. The first-order chi connectivity index (χ1) is 15.9. The SMILES string of the molecule is O[n+]1ccc2c(-c3ccc(F)cc3F)cc(C3CCNCC3)nc2c1-c1c(Cl)cccc1Cl. The molecule has 1 aliphatic rings. The van der Waals surface area contributed by atoms with Crippen LogP contribution in [0.4, 0.5) is 8.78 Å². The number of halogens is 4. The number of aromatic nitrogens is 2. The highest BCUT2D eigenvalue weighted by Crippen LogP contribution is 2.40. The van der Waals surface area contributed by atoms with Crippen molar-refractivity contribution in [2.24, 2.45) is 0 Å². The smallest absolute Gasteiger partial charge is 0.293 e. The summed E-state index contributed by atoms with van der Waals surface area (Å²) in [6.45, 7) is 1.70. The van der Waals surface area contributed by atoms with E-state index in [1.807, 2.05) is 6.07 Å². The van der Waals surface area contributed by atoms with Crippen molar-refractivity contribution in [3.05, 3.63) is 82.1 Å². The largest absolute Gasteiger partial charge is 0.317 e. The van der Waals surface area contributed by atoms with Gasteiger partial charge < -0.3 is 5.32 Å². The van der Waals surface area contributed by atoms with Crippen LogP contribution in [0, 0.1) is 11.6 Å². The molecule has 2 aromatic carbocycles. The lowest BCUT2D eigenvalue weighted by Crippen LogP contribution is -2.33. The van der Waals surface area contributed by atoms with E-state index in [0.717, 1.165) is 42.4 Å². The molecule has 4 aromatic rings. The second-order valence-electron chi connectivity index (χ2n) is 8.11. The highest BCUT2D eigenvalue weighted by atomic mass is 35.5. The van der Waals surface area contributed by atoms with Gasteiger partial charge in [-0.2, -0.15) is 0 Å². The van der Waals surface area contributed by atoms with E-state index in [1.165, 1.54) is 18.3 Å². The number of pyridine rings is 2. The van der Waals surface area contributed by atoms with E-state index in [1.54, 1.807) is 24.3 Å². The second kappa shape index (κ2) is 8.86. The maximum atomic E-state index is 14.9. The van der Waals surface area contributed by atoms with E-state index in [0.29, 0.717) is 37.8 Å². The molecule has 2 N–H and O–H groups in total. The molecule has 168 valence electrons. The summed E-state index contributed by atoms with van der Waals surface area (Å²) < 4.78 is 29.5. The summed E-state index contributed by atoms with van der Waals surface area (Å²) >= 11 is 13.0. The Hall–Kier alpha value is -2.80. The van der Waals surface area contributed by atoms with Crippen LogP contribution >= 0.6 is 23.2 Å². The van der Waals surface area contributed by atoms with Gasteiger partial charge in [0.1, 0.15) is 17.2 Å². The van der Waals surface area contributed by atoms with Gasteiger partial charge >= 0.3 is 0 Å². The summed E-state index contributed by atoms with van der Waals surface area (Å²) in [5, 5.41) is 15.4. The number of nitrogens with zero attached hydrogens (tertiary/aromatic N) is 2. The lowest BCUT2D eigenvalue weighted by molar-refractivity contribution is -0.895. The quantitative estimate of drug-likeness (QED) is 0.270. The molecule has 3 heterocycles. The van der Waals surface area contributed by atoms with Gasteiger partial charge in [-0.05, 0) is 61.8 Å². The lowest BCUT2D eigenvalue weighted by atomic mass is 9.90. The van der Waals surface area contributed by atoms with Crippen LogP contribution in [0.25, 0.3) is 33.3 Å². The molecular weight excluding hydrogens is 467 g/mol. The van der Waals surface area contributed by atoms with Crippen molar-refractivity contribution in [2.45, 2.75) is 18.8 Å². The molecule has 0 unspecified atom stereocenters. The highest BCUT2D eigenvalue weighted by molar-refractivity contribution is 6.39. The first-order valence-corrected chi connectivity index (χ1v) is 11.4. The minimum absolute atomic E-state index is 0.153. The Bertz CT molecular complexity index is 1350. The Kier molecular flexibility index (Phi) is 5.91. The highest BCUT2D eigenvalue weighted by Gasteiger charge is 2.28. The fourth-order valence-electron chi connectivity index (χ4n) is 4.47. The van der Waals surface area contributed by atoms with Crippen molar-refractivity contribution >= 4 is 34.1 Å². The predicted octanol–water partition coefficient (Wildman–Crippen LogP) is 6.15. The number of fused-ring (bicyclic) bond motifs is 1. The third kappa shape index (κ3) is 4.03. The van der Waals surface area contributed by atoms with Crippen LogP contribution in [-0.4, -0.2) is 23.3 Å². The van der Waals surface area contributed by atoms with Crippen LogP contribution in [0.5, 0.6) is 0 Å². The molecule has 5 rings (SSSR count). The fraction of sp³-hybridized carbons (Fsp3) is 0.200. The average molecular weight is 487 g/mol. The lowest BCUT2D eigenvalue weighted by Gasteiger charge is -2.23. The van der Waals surface area contributed by atoms with Crippen LogP contribution in [0.15, 0.2) is 54.7 Å². The van der Waals surface area contributed by atoms with Gasteiger partial charge in [0.2, 0.25) is 6.20 Å². The van der Waals surface area contributed by atoms with Gasteiger partial charge in [0.15, 0.2) is 0 Å². The summed E-state index contributed by atoms with van der Waals surface area (Å²) in [5.41, 5.74) is 2.77. The zero-order valence-electron chi connectivity index (χ0n) is 17.5. The Morgan fingerprint density at radius 2 is 1.70 bits per heavy atom. The van der Waals surface area contributed by atoms with E-state index >= 15 is 0 Å².